The highest BCUT2D eigenvalue weighted by Gasteiger charge is 2.24. The van der Waals surface area contributed by atoms with Crippen molar-refractivity contribution in [3.63, 3.8) is 0 Å². The van der Waals surface area contributed by atoms with Crippen molar-refractivity contribution < 1.29 is 8.42 Å². The van der Waals surface area contributed by atoms with Crippen LogP contribution >= 0.6 is 11.3 Å². The van der Waals surface area contributed by atoms with Crippen LogP contribution in [0.5, 0.6) is 0 Å². The molecule has 1 N–H and O–H groups in total. The fraction of sp³-hybridized carbons (Fsp3) is 0.174. The largest absolute Gasteiger partial charge is 0.391 e. The number of nitrogens with zero attached hydrogens (tertiary/aromatic N) is 2. The van der Waals surface area contributed by atoms with Crippen molar-refractivity contribution in [2.24, 2.45) is 0 Å². The molecule has 152 valence electrons. The predicted octanol–water partition coefficient (Wildman–Crippen LogP) is 4.90. The van der Waals surface area contributed by atoms with Gasteiger partial charge in [0.2, 0.25) is 0 Å². The van der Waals surface area contributed by atoms with Crippen LogP contribution in [-0.2, 0) is 10.0 Å². The Hall–Kier alpha value is -2.90. The molecule has 30 heavy (non-hydrogen) atoms. The lowest BCUT2D eigenvalue weighted by molar-refractivity contribution is 0.588. The molecule has 1 atom stereocenters. The Morgan fingerprint density at radius 1 is 1.17 bits per heavy atom. The minimum absolute atomic E-state index is 0.161. The summed E-state index contributed by atoms with van der Waals surface area (Å²) in [6.45, 7) is 2.84. The number of aromatic nitrogens is 2. The lowest BCUT2D eigenvalue weighted by Crippen LogP contribution is -2.16. The fourth-order valence-corrected chi connectivity index (χ4v) is 6.10. The molecule has 2 aromatic carbocycles. The predicted molar refractivity (Wildman–Crippen MR) is 121 cm³/mol. The summed E-state index contributed by atoms with van der Waals surface area (Å²) in [4.78, 5) is 4.89. The maximum Gasteiger partial charge on any atom is 0.268 e. The molecule has 0 spiro atoms. The highest BCUT2D eigenvalue weighted by molar-refractivity contribution is 7.90. The molecule has 0 radical (unpaired) electrons. The standard InChI is InChI=1S/C23H21N3O2S2/c1-16-15-29-23(25-16)18-7-8-22-20(13-18)21(17-9-11-24-12-10-17)14-26(22)30(27,28)19-5-3-2-4-6-19/h2-9,11,13-15,17,24H,10,12H2,1H3. The Labute approximate surface area is 179 Å². The van der Waals surface area contributed by atoms with Crippen molar-refractivity contribution >= 4 is 32.3 Å². The number of hydrogen-bond acceptors (Lipinski definition) is 5. The number of allylic oxidation sites excluding steroid dienone is 1. The lowest BCUT2D eigenvalue weighted by Gasteiger charge is -2.17. The topological polar surface area (TPSA) is 64.0 Å². The highest BCUT2D eigenvalue weighted by Crippen LogP contribution is 2.36. The summed E-state index contributed by atoms with van der Waals surface area (Å²) < 4.78 is 28.3. The maximum absolute atomic E-state index is 13.4. The van der Waals surface area contributed by atoms with Crippen LogP contribution in [0.3, 0.4) is 0 Å². The first-order chi connectivity index (χ1) is 14.5. The number of hydrogen-bond donors (Lipinski definition) is 1. The average molecular weight is 436 g/mol. The van der Waals surface area contributed by atoms with Gasteiger partial charge in [0.25, 0.3) is 10.0 Å². The summed E-state index contributed by atoms with van der Waals surface area (Å²) in [6, 6.07) is 14.5. The minimum atomic E-state index is -3.69. The van der Waals surface area contributed by atoms with Crippen molar-refractivity contribution in [3.8, 4) is 10.6 Å². The van der Waals surface area contributed by atoms with E-state index in [0.717, 1.165) is 40.2 Å². The van der Waals surface area contributed by atoms with Crippen molar-refractivity contribution in [3.05, 3.63) is 83.6 Å². The van der Waals surface area contributed by atoms with E-state index in [1.54, 1.807) is 41.8 Å². The quantitative estimate of drug-likeness (QED) is 0.495. The van der Waals surface area contributed by atoms with Gasteiger partial charge in [-0.1, -0.05) is 24.3 Å². The van der Waals surface area contributed by atoms with E-state index >= 15 is 0 Å². The summed E-state index contributed by atoms with van der Waals surface area (Å²) in [6.07, 6.45) is 6.78. The zero-order chi connectivity index (χ0) is 20.7. The van der Waals surface area contributed by atoms with Gasteiger partial charge in [0.15, 0.2) is 0 Å². The third-order valence-corrected chi connectivity index (χ3v) is 8.11. The SMILES string of the molecule is Cc1csc(-c2ccc3c(c2)c(C2C=CNCC2)cn3S(=O)(=O)c2ccccc2)n1. The summed E-state index contributed by atoms with van der Waals surface area (Å²) in [5, 5.41) is 7.15. The first kappa shape index (κ1) is 19.1. The van der Waals surface area contributed by atoms with Crippen LogP contribution in [0.1, 0.15) is 23.6 Å². The molecule has 0 saturated heterocycles. The van der Waals surface area contributed by atoms with Gasteiger partial charge in [0.05, 0.1) is 10.4 Å². The van der Waals surface area contributed by atoms with E-state index in [1.807, 2.05) is 36.7 Å². The van der Waals surface area contributed by atoms with Crippen LogP contribution < -0.4 is 5.32 Å². The molecule has 0 aliphatic carbocycles. The molecule has 1 unspecified atom stereocenters. The number of fused-ring (bicyclic) bond motifs is 1. The maximum atomic E-state index is 13.4. The summed E-state index contributed by atoms with van der Waals surface area (Å²) in [5.41, 5.74) is 3.71. The van der Waals surface area contributed by atoms with Crippen LogP contribution in [0.15, 0.2) is 77.3 Å². The fourth-order valence-electron chi connectivity index (χ4n) is 3.91. The minimum Gasteiger partial charge on any atom is -0.391 e. The number of rotatable bonds is 4. The number of benzene rings is 2. The van der Waals surface area contributed by atoms with E-state index in [0.29, 0.717) is 5.52 Å². The summed E-state index contributed by atoms with van der Waals surface area (Å²) in [5.74, 6) is 0.161. The van der Waals surface area contributed by atoms with Crippen LogP contribution in [0.25, 0.3) is 21.5 Å². The van der Waals surface area contributed by atoms with E-state index in [-0.39, 0.29) is 10.8 Å². The van der Waals surface area contributed by atoms with Gasteiger partial charge < -0.3 is 5.32 Å². The molecule has 3 heterocycles. The van der Waals surface area contributed by atoms with Gasteiger partial charge in [0, 0.05) is 40.7 Å². The molecule has 0 amide bonds. The molecule has 0 bridgehead atoms. The molecule has 0 fully saturated rings. The van der Waals surface area contributed by atoms with Crippen molar-refractivity contribution in [2.45, 2.75) is 24.2 Å². The summed E-state index contributed by atoms with van der Waals surface area (Å²) in [7, 11) is -3.69. The zero-order valence-corrected chi connectivity index (χ0v) is 18.1. The van der Waals surface area contributed by atoms with Crippen LogP contribution in [0, 0.1) is 6.92 Å². The van der Waals surface area contributed by atoms with Gasteiger partial charge in [-0.2, -0.15) is 0 Å². The van der Waals surface area contributed by atoms with Crippen molar-refractivity contribution in [1.29, 1.82) is 0 Å². The Kier molecular flexibility index (Phi) is 4.72. The molecule has 1 aliphatic rings. The Morgan fingerprint density at radius 2 is 2.00 bits per heavy atom. The lowest BCUT2D eigenvalue weighted by atomic mass is 9.93. The molecule has 7 heteroatoms. The second-order valence-corrected chi connectivity index (χ2v) is 10.1. The number of aryl methyl sites for hydroxylation is 1. The monoisotopic (exact) mass is 435 g/mol. The Morgan fingerprint density at radius 3 is 2.70 bits per heavy atom. The van der Waals surface area contributed by atoms with E-state index < -0.39 is 10.0 Å². The third kappa shape index (κ3) is 3.24. The Balaban J connectivity index is 1.74. The average Bonchev–Trinajstić information content (AvgIpc) is 3.39. The van der Waals surface area contributed by atoms with Gasteiger partial charge in [0.1, 0.15) is 5.01 Å². The molecule has 1 aliphatic heterocycles. The van der Waals surface area contributed by atoms with Crippen molar-refractivity contribution in [2.75, 3.05) is 6.54 Å². The Bertz CT molecular complexity index is 1350. The molecular weight excluding hydrogens is 414 g/mol. The van der Waals surface area contributed by atoms with Crippen LogP contribution in [-0.4, -0.2) is 23.9 Å². The molecule has 5 nitrogen and oxygen atoms in total. The highest BCUT2D eigenvalue weighted by atomic mass is 32.2. The normalized spacial score (nSPS) is 16.6. The second kappa shape index (κ2) is 7.41. The molecule has 0 saturated carbocycles. The summed E-state index contributed by atoms with van der Waals surface area (Å²) >= 11 is 1.60. The number of nitrogens with one attached hydrogen (secondary N) is 1. The van der Waals surface area contributed by atoms with Gasteiger partial charge in [-0.15, -0.1) is 11.3 Å². The van der Waals surface area contributed by atoms with E-state index in [4.69, 9.17) is 0 Å². The first-order valence-corrected chi connectivity index (χ1v) is 12.1. The van der Waals surface area contributed by atoms with E-state index in [1.165, 1.54) is 3.97 Å². The van der Waals surface area contributed by atoms with E-state index in [2.05, 4.69) is 22.4 Å². The molecule has 5 rings (SSSR count). The third-order valence-electron chi connectivity index (χ3n) is 5.41. The molecular formula is C23H21N3O2S2. The van der Waals surface area contributed by atoms with Gasteiger partial charge in [-0.05, 0) is 55.4 Å². The smallest absolute Gasteiger partial charge is 0.268 e. The van der Waals surface area contributed by atoms with Crippen molar-refractivity contribution in [1.82, 2.24) is 14.3 Å². The van der Waals surface area contributed by atoms with Gasteiger partial charge >= 0.3 is 0 Å². The zero-order valence-electron chi connectivity index (χ0n) is 16.4. The van der Waals surface area contributed by atoms with Crippen LogP contribution in [0.2, 0.25) is 0 Å². The van der Waals surface area contributed by atoms with Gasteiger partial charge in [-0.3, -0.25) is 0 Å². The number of thiazole rings is 1. The van der Waals surface area contributed by atoms with Gasteiger partial charge in [-0.25, -0.2) is 17.4 Å². The molecule has 2 aromatic heterocycles. The van der Waals surface area contributed by atoms with E-state index in [9.17, 15) is 8.42 Å². The molecule has 4 aromatic rings. The van der Waals surface area contributed by atoms with Crippen LogP contribution in [0.4, 0.5) is 0 Å². The first-order valence-electron chi connectivity index (χ1n) is 9.82. The second-order valence-electron chi connectivity index (χ2n) is 7.43.